The fraction of sp³-hybridized carbons (Fsp3) is 0.385. The van der Waals surface area contributed by atoms with Crippen LogP contribution in [0.4, 0.5) is 0 Å². The Hall–Kier alpha value is -1.84. The molecule has 1 N–H and O–H groups in total. The second kappa shape index (κ2) is 4.57. The highest BCUT2D eigenvalue weighted by Crippen LogP contribution is 2.34. The smallest absolute Gasteiger partial charge is 0.309 e. The number of phenols is 1. The number of hydrogen-bond donors (Lipinski definition) is 1. The summed E-state index contributed by atoms with van der Waals surface area (Å²) in [6, 6.07) is 3.45. The molecule has 4 nitrogen and oxygen atoms in total. The van der Waals surface area contributed by atoms with E-state index in [9.17, 15) is 14.7 Å². The Bertz CT molecular complexity index is 465. The van der Waals surface area contributed by atoms with E-state index in [1.165, 1.54) is 7.11 Å². The molecule has 0 fully saturated rings. The minimum absolute atomic E-state index is 0.00565. The SMILES string of the molecule is COC(=O)[C@H]1CCc2ccc(C=O)c(O)c2C1. The molecule has 0 bridgehead atoms. The van der Waals surface area contributed by atoms with Gasteiger partial charge in [0, 0.05) is 0 Å². The molecule has 1 aromatic carbocycles. The average Bonchev–Trinajstić information content (AvgIpc) is 2.38. The Balaban J connectivity index is 2.35. The van der Waals surface area contributed by atoms with Crippen molar-refractivity contribution in [2.75, 3.05) is 7.11 Å². The lowest BCUT2D eigenvalue weighted by Gasteiger charge is -2.23. The van der Waals surface area contributed by atoms with Crippen molar-refractivity contribution in [2.45, 2.75) is 19.3 Å². The number of ether oxygens (including phenoxy) is 1. The second-order valence-corrected chi connectivity index (χ2v) is 4.22. The molecule has 1 atom stereocenters. The van der Waals surface area contributed by atoms with E-state index in [-0.39, 0.29) is 23.2 Å². The topological polar surface area (TPSA) is 63.6 Å². The summed E-state index contributed by atoms with van der Waals surface area (Å²) >= 11 is 0. The van der Waals surface area contributed by atoms with E-state index in [2.05, 4.69) is 0 Å². The third-order valence-corrected chi connectivity index (χ3v) is 3.29. The number of carbonyl (C=O) groups excluding carboxylic acids is 2. The molecule has 0 spiro atoms. The van der Waals surface area contributed by atoms with Crippen LogP contribution in [0.15, 0.2) is 12.1 Å². The first-order chi connectivity index (χ1) is 8.17. The highest BCUT2D eigenvalue weighted by molar-refractivity contribution is 5.81. The third kappa shape index (κ3) is 2.02. The maximum absolute atomic E-state index is 11.5. The van der Waals surface area contributed by atoms with Crippen LogP contribution in [0.1, 0.15) is 27.9 Å². The Kier molecular flexibility index (Phi) is 3.13. The number of rotatable bonds is 2. The van der Waals surface area contributed by atoms with Crippen molar-refractivity contribution >= 4 is 12.3 Å². The van der Waals surface area contributed by atoms with Crippen molar-refractivity contribution < 1.29 is 19.4 Å². The number of aryl methyl sites for hydroxylation is 1. The van der Waals surface area contributed by atoms with Gasteiger partial charge in [0.15, 0.2) is 6.29 Å². The highest BCUT2D eigenvalue weighted by Gasteiger charge is 2.27. The largest absolute Gasteiger partial charge is 0.507 e. The summed E-state index contributed by atoms with van der Waals surface area (Å²) in [4.78, 5) is 22.2. The third-order valence-electron chi connectivity index (χ3n) is 3.29. The number of benzene rings is 1. The van der Waals surface area contributed by atoms with Crippen LogP contribution in [-0.2, 0) is 22.4 Å². The van der Waals surface area contributed by atoms with Gasteiger partial charge in [-0.05, 0) is 36.5 Å². The predicted octanol–water partition coefficient (Wildman–Crippen LogP) is 1.48. The second-order valence-electron chi connectivity index (χ2n) is 4.22. The van der Waals surface area contributed by atoms with Crippen molar-refractivity contribution in [3.8, 4) is 5.75 Å². The summed E-state index contributed by atoms with van der Waals surface area (Å²) in [7, 11) is 1.36. The normalized spacial score (nSPS) is 18.3. The van der Waals surface area contributed by atoms with Crippen LogP contribution >= 0.6 is 0 Å². The Morgan fingerprint density at radius 3 is 2.94 bits per heavy atom. The van der Waals surface area contributed by atoms with Crippen molar-refractivity contribution in [3.05, 3.63) is 28.8 Å². The van der Waals surface area contributed by atoms with Gasteiger partial charge in [0.25, 0.3) is 0 Å². The van der Waals surface area contributed by atoms with Crippen molar-refractivity contribution in [3.63, 3.8) is 0 Å². The highest BCUT2D eigenvalue weighted by atomic mass is 16.5. The van der Waals surface area contributed by atoms with E-state index in [0.29, 0.717) is 18.3 Å². The summed E-state index contributed by atoms with van der Waals surface area (Å²) in [5.74, 6) is -0.474. The number of carbonyl (C=O) groups is 2. The Labute approximate surface area is 99.2 Å². The Morgan fingerprint density at radius 1 is 1.53 bits per heavy atom. The van der Waals surface area contributed by atoms with Gasteiger partial charge in [0.2, 0.25) is 0 Å². The van der Waals surface area contributed by atoms with E-state index in [1.807, 2.05) is 6.07 Å². The van der Waals surface area contributed by atoms with E-state index in [1.54, 1.807) is 6.07 Å². The van der Waals surface area contributed by atoms with Gasteiger partial charge in [-0.3, -0.25) is 9.59 Å². The van der Waals surface area contributed by atoms with E-state index in [0.717, 1.165) is 18.4 Å². The fourth-order valence-corrected chi connectivity index (χ4v) is 2.30. The maximum atomic E-state index is 11.5. The number of fused-ring (bicyclic) bond motifs is 1. The van der Waals surface area contributed by atoms with Gasteiger partial charge < -0.3 is 9.84 Å². The minimum atomic E-state index is -0.258. The van der Waals surface area contributed by atoms with Crippen LogP contribution in [0.25, 0.3) is 0 Å². The minimum Gasteiger partial charge on any atom is -0.507 e. The molecule has 2 rings (SSSR count). The Morgan fingerprint density at radius 2 is 2.29 bits per heavy atom. The standard InChI is InChI=1S/C13H14O4/c1-17-13(16)9-4-2-8-3-5-10(7-14)12(15)11(8)6-9/h3,5,7,9,15H,2,4,6H2,1H3/t9-/m0/s1. The van der Waals surface area contributed by atoms with Gasteiger partial charge >= 0.3 is 5.97 Å². The number of aromatic hydroxyl groups is 1. The van der Waals surface area contributed by atoms with Crippen LogP contribution in [0.2, 0.25) is 0 Å². The monoisotopic (exact) mass is 234 g/mol. The summed E-state index contributed by atoms with van der Waals surface area (Å²) < 4.78 is 4.71. The van der Waals surface area contributed by atoms with E-state index < -0.39 is 0 Å². The van der Waals surface area contributed by atoms with Crippen LogP contribution < -0.4 is 0 Å². The van der Waals surface area contributed by atoms with Crippen LogP contribution in [0, 0.1) is 5.92 Å². The lowest BCUT2D eigenvalue weighted by atomic mass is 9.82. The van der Waals surface area contributed by atoms with Gasteiger partial charge in [0.05, 0.1) is 18.6 Å². The molecule has 0 saturated carbocycles. The van der Waals surface area contributed by atoms with E-state index in [4.69, 9.17) is 4.74 Å². The van der Waals surface area contributed by atoms with Crippen LogP contribution in [0.5, 0.6) is 5.75 Å². The summed E-state index contributed by atoms with van der Waals surface area (Å²) in [6.07, 6.45) is 2.51. The van der Waals surface area contributed by atoms with Crippen LogP contribution in [-0.4, -0.2) is 24.5 Å². The molecule has 90 valence electrons. The average molecular weight is 234 g/mol. The molecule has 1 aliphatic rings. The maximum Gasteiger partial charge on any atom is 0.309 e. The number of hydrogen-bond acceptors (Lipinski definition) is 4. The molecule has 0 amide bonds. The molecule has 1 aliphatic carbocycles. The fourth-order valence-electron chi connectivity index (χ4n) is 2.30. The molecule has 0 unspecified atom stereocenters. The number of methoxy groups -OCH3 is 1. The molecule has 17 heavy (non-hydrogen) atoms. The molecule has 0 radical (unpaired) electrons. The molecule has 0 heterocycles. The summed E-state index contributed by atoms with van der Waals surface area (Å²) in [5, 5.41) is 9.92. The lowest BCUT2D eigenvalue weighted by molar-refractivity contribution is -0.145. The number of esters is 1. The molecular weight excluding hydrogens is 220 g/mol. The molecule has 0 aromatic heterocycles. The van der Waals surface area contributed by atoms with Gasteiger partial charge in [-0.2, -0.15) is 0 Å². The molecule has 0 saturated heterocycles. The first-order valence-electron chi connectivity index (χ1n) is 5.54. The number of aldehydes is 1. The van der Waals surface area contributed by atoms with Gasteiger partial charge in [-0.25, -0.2) is 0 Å². The predicted molar refractivity (Wildman–Crippen MR) is 61.0 cm³/mol. The zero-order valence-electron chi connectivity index (χ0n) is 9.60. The first-order valence-corrected chi connectivity index (χ1v) is 5.54. The van der Waals surface area contributed by atoms with Crippen molar-refractivity contribution in [1.29, 1.82) is 0 Å². The summed E-state index contributed by atoms with van der Waals surface area (Å²) in [5.41, 5.74) is 1.98. The molecule has 4 heteroatoms. The van der Waals surface area contributed by atoms with Crippen LogP contribution in [0.3, 0.4) is 0 Å². The van der Waals surface area contributed by atoms with Crippen molar-refractivity contribution in [1.82, 2.24) is 0 Å². The zero-order chi connectivity index (χ0) is 12.4. The zero-order valence-corrected chi connectivity index (χ0v) is 9.60. The lowest BCUT2D eigenvalue weighted by Crippen LogP contribution is -2.24. The molecular formula is C13H14O4. The quantitative estimate of drug-likeness (QED) is 0.622. The van der Waals surface area contributed by atoms with Gasteiger partial charge in [-0.15, -0.1) is 0 Å². The van der Waals surface area contributed by atoms with Crippen molar-refractivity contribution in [2.24, 2.45) is 5.92 Å². The number of phenolic OH excluding ortho intramolecular Hbond substituents is 1. The van der Waals surface area contributed by atoms with Gasteiger partial charge in [0.1, 0.15) is 5.75 Å². The van der Waals surface area contributed by atoms with E-state index >= 15 is 0 Å². The van der Waals surface area contributed by atoms with Gasteiger partial charge in [-0.1, -0.05) is 6.07 Å². The summed E-state index contributed by atoms with van der Waals surface area (Å²) in [6.45, 7) is 0. The first kappa shape index (κ1) is 11.6. The molecule has 0 aliphatic heterocycles. The molecule has 1 aromatic rings.